The first-order chi connectivity index (χ1) is 15.7. The van der Waals surface area contributed by atoms with Gasteiger partial charge in [-0.25, -0.2) is 14.5 Å². The quantitative estimate of drug-likeness (QED) is 0.327. The predicted molar refractivity (Wildman–Crippen MR) is 128 cm³/mol. The molecule has 3 aromatic heterocycles. The minimum Gasteiger partial charge on any atom is -0.489 e. The number of hydrogen-bond donors (Lipinski definition) is 0. The molecule has 6 heteroatoms. The van der Waals surface area contributed by atoms with Crippen LogP contribution in [0.15, 0.2) is 54.9 Å². The molecule has 0 saturated carbocycles. The maximum atomic E-state index is 6.02. The van der Waals surface area contributed by atoms with Gasteiger partial charge in [0.1, 0.15) is 23.5 Å². The van der Waals surface area contributed by atoms with Crippen LogP contribution in [-0.2, 0) is 19.4 Å². The first-order valence-electron chi connectivity index (χ1n) is 11.1. The summed E-state index contributed by atoms with van der Waals surface area (Å²) in [4.78, 5) is 12.1. The Bertz CT molecular complexity index is 1430. The van der Waals surface area contributed by atoms with E-state index in [0.29, 0.717) is 12.5 Å². The van der Waals surface area contributed by atoms with Crippen molar-refractivity contribution in [3.63, 3.8) is 0 Å². The van der Waals surface area contributed by atoms with Crippen molar-refractivity contribution in [2.45, 2.75) is 45.6 Å². The summed E-state index contributed by atoms with van der Waals surface area (Å²) in [5.74, 6) is 2.12. The van der Waals surface area contributed by atoms with Crippen LogP contribution in [0.5, 0.6) is 5.75 Å². The van der Waals surface area contributed by atoms with Gasteiger partial charge in [0.2, 0.25) is 0 Å². The van der Waals surface area contributed by atoms with E-state index in [1.54, 1.807) is 17.7 Å². The number of aryl methyl sites for hydroxylation is 2. The van der Waals surface area contributed by atoms with Crippen LogP contribution in [0.3, 0.4) is 0 Å². The summed E-state index contributed by atoms with van der Waals surface area (Å²) in [6, 6.07) is 16.6. The smallest absolute Gasteiger partial charge is 0.182 e. The summed E-state index contributed by atoms with van der Waals surface area (Å²) in [6.07, 6.45) is 5.28. The molecule has 160 valence electrons. The third kappa shape index (κ3) is 3.35. The van der Waals surface area contributed by atoms with Gasteiger partial charge in [-0.2, -0.15) is 0 Å². The standard InChI is InChI=1S/C26H24N4OS/c1-16(2)18-9-11-20(12-10-18)31-14-17-5-3-6-19(13-17)24-28-25-23-21-7-4-8-22(21)32-26(23)27-15-30(25)29-24/h3,5-6,9-13,15-16H,4,7-8,14H2,1-2H3. The summed E-state index contributed by atoms with van der Waals surface area (Å²) >= 11 is 1.81. The summed E-state index contributed by atoms with van der Waals surface area (Å²) in [7, 11) is 0. The third-order valence-corrected chi connectivity index (χ3v) is 7.38. The molecule has 0 aliphatic heterocycles. The van der Waals surface area contributed by atoms with Crippen LogP contribution in [0, 0.1) is 0 Å². The van der Waals surface area contributed by atoms with E-state index in [1.807, 2.05) is 22.7 Å². The minimum absolute atomic E-state index is 0.506. The molecule has 0 N–H and O–H groups in total. The molecule has 0 atom stereocenters. The normalized spacial score (nSPS) is 13.3. The van der Waals surface area contributed by atoms with Crippen LogP contribution >= 0.6 is 11.3 Å². The number of benzene rings is 2. The molecule has 0 bridgehead atoms. The SMILES string of the molecule is CC(C)c1ccc(OCc2cccc(-c3nc4c5c6c(sc5ncn4n3)CCC6)c2)cc1. The van der Waals surface area contributed by atoms with E-state index >= 15 is 0 Å². The third-order valence-electron chi connectivity index (χ3n) is 6.18. The summed E-state index contributed by atoms with van der Waals surface area (Å²) in [5, 5.41) is 5.92. The van der Waals surface area contributed by atoms with Gasteiger partial charge < -0.3 is 4.74 Å². The highest BCUT2D eigenvalue weighted by Gasteiger charge is 2.22. The van der Waals surface area contributed by atoms with Crippen molar-refractivity contribution >= 4 is 27.2 Å². The van der Waals surface area contributed by atoms with Crippen molar-refractivity contribution in [2.24, 2.45) is 0 Å². The molecule has 5 nitrogen and oxygen atoms in total. The minimum atomic E-state index is 0.506. The highest BCUT2D eigenvalue weighted by molar-refractivity contribution is 7.19. The lowest BCUT2D eigenvalue weighted by molar-refractivity contribution is 0.306. The zero-order valence-corrected chi connectivity index (χ0v) is 19.0. The number of ether oxygens (including phenoxy) is 1. The summed E-state index contributed by atoms with van der Waals surface area (Å²) in [6.45, 7) is 4.90. The van der Waals surface area contributed by atoms with Crippen LogP contribution < -0.4 is 4.74 Å². The van der Waals surface area contributed by atoms with E-state index in [4.69, 9.17) is 14.8 Å². The lowest BCUT2D eigenvalue weighted by Gasteiger charge is -2.09. The van der Waals surface area contributed by atoms with E-state index in [9.17, 15) is 0 Å². The Hall–Kier alpha value is -3.25. The van der Waals surface area contributed by atoms with Crippen LogP contribution in [0.4, 0.5) is 0 Å². The molecule has 0 amide bonds. The van der Waals surface area contributed by atoms with E-state index in [1.165, 1.54) is 27.8 Å². The first kappa shape index (κ1) is 19.4. The second-order valence-corrected chi connectivity index (χ2v) is 9.78. The van der Waals surface area contributed by atoms with E-state index in [0.717, 1.165) is 46.0 Å². The Morgan fingerprint density at radius 1 is 1.09 bits per heavy atom. The molecule has 0 fully saturated rings. The molecule has 0 radical (unpaired) electrons. The lowest BCUT2D eigenvalue weighted by Crippen LogP contribution is -1.96. The number of fused-ring (bicyclic) bond motifs is 5. The molecule has 0 saturated heterocycles. The molecule has 2 aromatic carbocycles. The van der Waals surface area contributed by atoms with Crippen molar-refractivity contribution in [2.75, 3.05) is 0 Å². The second-order valence-electron chi connectivity index (χ2n) is 8.70. The Morgan fingerprint density at radius 2 is 1.97 bits per heavy atom. The Kier molecular flexibility index (Phi) is 4.68. The Balaban J connectivity index is 1.28. The van der Waals surface area contributed by atoms with Gasteiger partial charge in [0.25, 0.3) is 0 Å². The Morgan fingerprint density at radius 3 is 2.81 bits per heavy atom. The van der Waals surface area contributed by atoms with Crippen molar-refractivity contribution in [1.82, 2.24) is 19.6 Å². The number of thiophene rings is 1. The maximum Gasteiger partial charge on any atom is 0.182 e. The van der Waals surface area contributed by atoms with Crippen LogP contribution in [0.1, 0.15) is 47.8 Å². The first-order valence-corrected chi connectivity index (χ1v) is 11.9. The van der Waals surface area contributed by atoms with Crippen LogP contribution in [0.25, 0.3) is 27.3 Å². The van der Waals surface area contributed by atoms with E-state index in [2.05, 4.69) is 49.2 Å². The highest BCUT2D eigenvalue weighted by Crippen LogP contribution is 2.38. The summed E-state index contributed by atoms with van der Waals surface area (Å²) in [5.41, 5.74) is 5.74. The molecule has 1 aliphatic rings. The number of rotatable bonds is 5. The number of aromatic nitrogens is 4. The van der Waals surface area contributed by atoms with Gasteiger partial charge >= 0.3 is 0 Å². The lowest BCUT2D eigenvalue weighted by atomic mass is 10.0. The maximum absolute atomic E-state index is 6.02. The fraction of sp³-hybridized carbons (Fsp3) is 0.269. The van der Waals surface area contributed by atoms with Crippen molar-refractivity contribution in [1.29, 1.82) is 0 Å². The number of hydrogen-bond acceptors (Lipinski definition) is 5. The van der Waals surface area contributed by atoms with Crippen LogP contribution in [0.2, 0.25) is 0 Å². The summed E-state index contributed by atoms with van der Waals surface area (Å²) < 4.78 is 7.84. The van der Waals surface area contributed by atoms with Crippen molar-refractivity contribution < 1.29 is 4.74 Å². The molecule has 6 rings (SSSR count). The Labute approximate surface area is 190 Å². The van der Waals surface area contributed by atoms with E-state index in [-0.39, 0.29) is 0 Å². The van der Waals surface area contributed by atoms with Gasteiger partial charge in [-0.15, -0.1) is 16.4 Å². The molecule has 0 spiro atoms. The fourth-order valence-corrected chi connectivity index (χ4v) is 5.65. The van der Waals surface area contributed by atoms with Gasteiger partial charge in [0, 0.05) is 10.4 Å². The molecule has 0 unspecified atom stereocenters. The fourth-order valence-electron chi connectivity index (χ4n) is 4.43. The van der Waals surface area contributed by atoms with Crippen molar-refractivity contribution in [3.05, 3.63) is 76.4 Å². The molecule has 1 aliphatic carbocycles. The average molecular weight is 441 g/mol. The zero-order chi connectivity index (χ0) is 21.7. The molecule has 32 heavy (non-hydrogen) atoms. The largest absolute Gasteiger partial charge is 0.489 e. The van der Waals surface area contributed by atoms with Gasteiger partial charge in [-0.1, -0.05) is 44.2 Å². The number of nitrogens with zero attached hydrogens (tertiary/aromatic N) is 4. The average Bonchev–Trinajstić information content (AvgIpc) is 3.52. The second kappa shape index (κ2) is 7.71. The topological polar surface area (TPSA) is 52.3 Å². The molecular formula is C26H24N4OS. The van der Waals surface area contributed by atoms with Crippen molar-refractivity contribution in [3.8, 4) is 17.1 Å². The van der Waals surface area contributed by atoms with Gasteiger partial charge in [0.15, 0.2) is 11.5 Å². The zero-order valence-electron chi connectivity index (χ0n) is 18.2. The highest BCUT2D eigenvalue weighted by atomic mass is 32.1. The molecule has 3 heterocycles. The monoisotopic (exact) mass is 440 g/mol. The van der Waals surface area contributed by atoms with E-state index < -0.39 is 0 Å². The molecular weight excluding hydrogens is 416 g/mol. The van der Waals surface area contributed by atoms with Gasteiger partial charge in [0.05, 0.1) is 5.39 Å². The van der Waals surface area contributed by atoms with Crippen LogP contribution in [-0.4, -0.2) is 19.6 Å². The predicted octanol–water partition coefficient (Wildman–Crippen LogP) is 6.20. The molecule has 5 aromatic rings. The van der Waals surface area contributed by atoms with Gasteiger partial charge in [-0.05, 0) is 60.1 Å². The van der Waals surface area contributed by atoms with Gasteiger partial charge in [-0.3, -0.25) is 0 Å².